The van der Waals surface area contributed by atoms with Crippen LogP contribution in [0.3, 0.4) is 0 Å². The summed E-state index contributed by atoms with van der Waals surface area (Å²) in [7, 11) is 4.02. The molecule has 202 valence electrons. The SMILES string of the molecule is CNCCCN(C)c1ccc(-c2ccnc(Nc3cccc(CN4CCCN(CC(=O)O)CC4)c3)n2)cn1. The van der Waals surface area contributed by atoms with E-state index in [1.165, 1.54) is 5.56 Å². The lowest BCUT2D eigenvalue weighted by Gasteiger charge is -2.21. The van der Waals surface area contributed by atoms with E-state index in [0.29, 0.717) is 5.95 Å². The second kappa shape index (κ2) is 13.8. The summed E-state index contributed by atoms with van der Waals surface area (Å²) in [5, 5.41) is 15.6. The number of benzene rings is 1. The lowest BCUT2D eigenvalue weighted by Crippen LogP contribution is -2.34. The number of carbonyl (C=O) groups is 1. The minimum Gasteiger partial charge on any atom is -0.480 e. The number of hydrogen-bond donors (Lipinski definition) is 3. The minimum absolute atomic E-state index is 0.112. The molecule has 1 fully saturated rings. The molecule has 4 rings (SSSR count). The Morgan fingerprint density at radius 3 is 2.71 bits per heavy atom. The Kier molecular flexibility index (Phi) is 9.97. The van der Waals surface area contributed by atoms with Gasteiger partial charge >= 0.3 is 5.97 Å². The van der Waals surface area contributed by atoms with E-state index < -0.39 is 5.97 Å². The summed E-state index contributed by atoms with van der Waals surface area (Å²) in [5.74, 6) is 0.709. The Hall–Kier alpha value is -3.60. The van der Waals surface area contributed by atoms with E-state index in [1.54, 1.807) is 6.20 Å². The largest absolute Gasteiger partial charge is 0.480 e. The number of pyridine rings is 1. The molecule has 0 bridgehead atoms. The van der Waals surface area contributed by atoms with Gasteiger partial charge in [0.2, 0.25) is 5.95 Å². The third-order valence-corrected chi connectivity index (χ3v) is 6.64. The van der Waals surface area contributed by atoms with Gasteiger partial charge in [0.05, 0.1) is 12.2 Å². The molecular formula is C28H38N8O2. The molecule has 3 N–H and O–H groups in total. The van der Waals surface area contributed by atoms with Crippen LogP contribution in [0.5, 0.6) is 0 Å². The number of rotatable bonds is 12. The van der Waals surface area contributed by atoms with Gasteiger partial charge in [-0.3, -0.25) is 14.6 Å². The number of carboxylic acids is 1. The molecule has 38 heavy (non-hydrogen) atoms. The van der Waals surface area contributed by atoms with E-state index in [-0.39, 0.29) is 6.54 Å². The summed E-state index contributed by atoms with van der Waals surface area (Å²) in [6, 6.07) is 14.2. The van der Waals surface area contributed by atoms with Crippen LogP contribution >= 0.6 is 0 Å². The van der Waals surface area contributed by atoms with Gasteiger partial charge in [-0.1, -0.05) is 12.1 Å². The van der Waals surface area contributed by atoms with Crippen LogP contribution < -0.4 is 15.5 Å². The number of nitrogens with zero attached hydrogens (tertiary/aromatic N) is 6. The first-order valence-electron chi connectivity index (χ1n) is 13.2. The van der Waals surface area contributed by atoms with Gasteiger partial charge in [-0.25, -0.2) is 15.0 Å². The average Bonchev–Trinajstić information content (AvgIpc) is 3.13. The molecular weight excluding hydrogens is 480 g/mol. The zero-order chi connectivity index (χ0) is 26.7. The maximum Gasteiger partial charge on any atom is 0.317 e. The van der Waals surface area contributed by atoms with Gasteiger partial charge in [-0.05, 0) is 68.9 Å². The van der Waals surface area contributed by atoms with Crippen LogP contribution in [-0.2, 0) is 11.3 Å². The molecule has 0 spiro atoms. The molecule has 0 atom stereocenters. The number of hydrogen-bond acceptors (Lipinski definition) is 9. The van der Waals surface area contributed by atoms with Gasteiger partial charge in [0.1, 0.15) is 5.82 Å². The number of aliphatic carboxylic acids is 1. The van der Waals surface area contributed by atoms with Crippen molar-refractivity contribution in [1.29, 1.82) is 0 Å². The highest BCUT2D eigenvalue weighted by molar-refractivity contribution is 5.69. The Bertz CT molecular complexity index is 1170. The number of carboxylic acid groups (broad SMARTS) is 1. The Morgan fingerprint density at radius 1 is 1.08 bits per heavy atom. The van der Waals surface area contributed by atoms with Crippen molar-refractivity contribution in [3.8, 4) is 11.3 Å². The predicted octanol–water partition coefficient (Wildman–Crippen LogP) is 2.92. The first kappa shape index (κ1) is 27.4. The van der Waals surface area contributed by atoms with E-state index in [9.17, 15) is 4.79 Å². The Labute approximate surface area is 224 Å². The number of anilines is 3. The molecule has 1 aliphatic heterocycles. The molecule has 3 heterocycles. The Morgan fingerprint density at radius 2 is 1.92 bits per heavy atom. The van der Waals surface area contributed by atoms with Crippen molar-refractivity contribution < 1.29 is 9.90 Å². The van der Waals surface area contributed by atoms with E-state index in [1.807, 2.05) is 48.5 Å². The molecule has 0 radical (unpaired) electrons. The fourth-order valence-electron chi connectivity index (χ4n) is 4.62. The predicted molar refractivity (Wildman–Crippen MR) is 151 cm³/mol. The third kappa shape index (κ3) is 8.20. The highest BCUT2D eigenvalue weighted by Crippen LogP contribution is 2.22. The van der Waals surface area contributed by atoms with Gasteiger partial charge in [-0.15, -0.1) is 0 Å². The monoisotopic (exact) mass is 518 g/mol. The minimum atomic E-state index is -0.764. The summed E-state index contributed by atoms with van der Waals surface area (Å²) in [4.78, 5) is 31.3. The summed E-state index contributed by atoms with van der Waals surface area (Å²) < 4.78 is 0. The molecule has 0 amide bonds. The zero-order valence-corrected chi connectivity index (χ0v) is 22.3. The fourth-order valence-corrected chi connectivity index (χ4v) is 4.62. The first-order valence-corrected chi connectivity index (χ1v) is 13.2. The van der Waals surface area contributed by atoms with Crippen LogP contribution in [-0.4, -0.2) is 95.7 Å². The summed E-state index contributed by atoms with van der Waals surface area (Å²) in [5.41, 5.74) is 3.87. The molecule has 1 saturated heterocycles. The number of nitrogens with one attached hydrogen (secondary N) is 2. The molecule has 10 heteroatoms. The molecule has 2 aromatic heterocycles. The fraction of sp³-hybridized carbons (Fsp3) is 0.429. The van der Waals surface area contributed by atoms with Crippen LogP contribution in [0.2, 0.25) is 0 Å². The maximum atomic E-state index is 11.0. The maximum absolute atomic E-state index is 11.0. The molecule has 10 nitrogen and oxygen atoms in total. The van der Waals surface area contributed by atoms with E-state index in [0.717, 1.165) is 81.4 Å². The lowest BCUT2D eigenvalue weighted by atomic mass is 10.2. The van der Waals surface area contributed by atoms with E-state index in [2.05, 4.69) is 49.6 Å². The molecule has 3 aromatic rings. The molecule has 0 aliphatic carbocycles. The molecule has 1 aliphatic rings. The van der Waals surface area contributed by atoms with Crippen molar-refractivity contribution in [1.82, 2.24) is 30.1 Å². The lowest BCUT2D eigenvalue weighted by molar-refractivity contribution is -0.138. The van der Waals surface area contributed by atoms with E-state index >= 15 is 0 Å². The van der Waals surface area contributed by atoms with Crippen LogP contribution in [0.1, 0.15) is 18.4 Å². The second-order valence-corrected chi connectivity index (χ2v) is 9.67. The average molecular weight is 519 g/mol. The van der Waals surface area contributed by atoms with Gasteiger partial charge in [0.15, 0.2) is 0 Å². The van der Waals surface area contributed by atoms with Crippen LogP contribution in [0.4, 0.5) is 17.5 Å². The summed E-state index contributed by atoms with van der Waals surface area (Å²) >= 11 is 0. The standard InChI is InChI=1S/C28H38N8O2/c1-29-11-4-13-34(2)26-9-8-23(19-31-26)25-10-12-30-28(33-25)32-24-7-3-6-22(18-24)20-35-14-5-15-36(17-16-35)21-27(37)38/h3,6-10,12,18-19,29H,4-5,11,13-17,20-21H2,1-2H3,(H,37,38)(H,30,32,33). The summed E-state index contributed by atoms with van der Waals surface area (Å²) in [6.45, 7) is 6.25. The third-order valence-electron chi connectivity index (χ3n) is 6.64. The number of aromatic nitrogens is 3. The van der Waals surface area contributed by atoms with Gasteiger partial charge in [-0.2, -0.15) is 0 Å². The van der Waals surface area contributed by atoms with E-state index in [4.69, 9.17) is 10.1 Å². The normalized spacial score (nSPS) is 14.7. The highest BCUT2D eigenvalue weighted by atomic mass is 16.4. The van der Waals surface area contributed by atoms with Gasteiger partial charge in [0, 0.05) is 63.4 Å². The topological polar surface area (TPSA) is 110 Å². The molecule has 1 aromatic carbocycles. The second-order valence-electron chi connectivity index (χ2n) is 9.67. The van der Waals surface area contributed by atoms with Crippen molar-refractivity contribution in [2.24, 2.45) is 0 Å². The Balaban J connectivity index is 1.36. The van der Waals surface area contributed by atoms with Crippen molar-refractivity contribution in [2.75, 3.05) is 70.1 Å². The first-order chi connectivity index (χ1) is 18.5. The molecule has 0 unspecified atom stereocenters. The molecule has 0 saturated carbocycles. The zero-order valence-electron chi connectivity index (χ0n) is 22.3. The van der Waals surface area contributed by atoms with Gasteiger partial charge < -0.3 is 20.6 Å². The van der Waals surface area contributed by atoms with Crippen molar-refractivity contribution >= 4 is 23.4 Å². The quantitative estimate of drug-likeness (QED) is 0.310. The van der Waals surface area contributed by atoms with Crippen molar-refractivity contribution in [3.05, 3.63) is 60.4 Å². The van der Waals surface area contributed by atoms with Crippen molar-refractivity contribution in [2.45, 2.75) is 19.4 Å². The van der Waals surface area contributed by atoms with Gasteiger partial charge in [0.25, 0.3) is 0 Å². The smallest absolute Gasteiger partial charge is 0.317 e. The van der Waals surface area contributed by atoms with Crippen LogP contribution in [0, 0.1) is 0 Å². The van der Waals surface area contributed by atoms with Crippen molar-refractivity contribution in [3.63, 3.8) is 0 Å². The highest BCUT2D eigenvalue weighted by Gasteiger charge is 2.17. The van der Waals surface area contributed by atoms with Crippen LogP contribution in [0.15, 0.2) is 54.9 Å². The van der Waals surface area contributed by atoms with Crippen LogP contribution in [0.25, 0.3) is 11.3 Å². The summed E-state index contributed by atoms with van der Waals surface area (Å²) in [6.07, 6.45) is 5.64.